The summed E-state index contributed by atoms with van der Waals surface area (Å²) in [6.45, 7) is 1.77. The Morgan fingerprint density at radius 2 is 2.05 bits per heavy atom. The van der Waals surface area contributed by atoms with Crippen LogP contribution < -0.4 is 11.0 Å². The molecule has 0 fully saturated rings. The van der Waals surface area contributed by atoms with Crippen molar-refractivity contribution in [3.05, 3.63) is 51.1 Å². The van der Waals surface area contributed by atoms with E-state index in [1.54, 1.807) is 31.2 Å². The molecular weight excluding hydrogens is 306 g/mol. The maximum absolute atomic E-state index is 11.7. The number of hydrogen-bond acceptors (Lipinski definition) is 8. The van der Waals surface area contributed by atoms with Gasteiger partial charge in [0.15, 0.2) is 0 Å². The van der Waals surface area contributed by atoms with Crippen molar-refractivity contribution in [3.8, 4) is 5.75 Å². The molecule has 0 spiro atoms. The Bertz CT molecular complexity index is 768. The van der Waals surface area contributed by atoms with E-state index >= 15 is 0 Å². The number of hydrazone groups is 1. The predicted octanol–water partition coefficient (Wildman–Crippen LogP) is 1.83. The van der Waals surface area contributed by atoms with Crippen LogP contribution in [0.1, 0.15) is 22.8 Å². The van der Waals surface area contributed by atoms with Crippen LogP contribution >= 0.6 is 11.3 Å². The first kappa shape index (κ1) is 15.6. The van der Waals surface area contributed by atoms with Crippen LogP contribution in [0.3, 0.4) is 0 Å². The minimum absolute atomic E-state index is 0.114. The molecule has 0 bridgehead atoms. The molecule has 2 N–H and O–H groups in total. The average molecular weight is 319 g/mol. The Morgan fingerprint density at radius 1 is 1.36 bits per heavy atom. The number of aromatic nitrogens is 1. The second-order valence-electron chi connectivity index (χ2n) is 4.22. The Kier molecular flexibility index (Phi) is 4.84. The van der Waals surface area contributed by atoms with Crippen molar-refractivity contribution in [1.29, 1.82) is 0 Å². The zero-order valence-corrected chi connectivity index (χ0v) is 12.7. The van der Waals surface area contributed by atoms with Gasteiger partial charge in [-0.3, -0.25) is 10.2 Å². The highest BCUT2D eigenvalue weighted by Gasteiger charge is 2.12. The first-order chi connectivity index (χ1) is 10.5. The molecule has 1 aromatic heterocycles. The van der Waals surface area contributed by atoms with Crippen LogP contribution in [0.5, 0.6) is 5.75 Å². The average Bonchev–Trinajstić information content (AvgIpc) is 2.52. The summed E-state index contributed by atoms with van der Waals surface area (Å²) in [4.78, 5) is 26.7. The second-order valence-corrected chi connectivity index (χ2v) is 5.08. The second kappa shape index (κ2) is 6.81. The Balaban J connectivity index is 2.15. The summed E-state index contributed by atoms with van der Waals surface area (Å²) in [5, 5.41) is 15.0. The van der Waals surface area contributed by atoms with Gasteiger partial charge in [0.2, 0.25) is 5.13 Å². The van der Waals surface area contributed by atoms with Gasteiger partial charge in [0.25, 0.3) is 5.56 Å². The number of hydrogen-bond donors (Lipinski definition) is 2. The third-order valence-electron chi connectivity index (χ3n) is 2.73. The van der Waals surface area contributed by atoms with E-state index in [-0.39, 0.29) is 16.4 Å². The molecule has 0 saturated carbocycles. The Labute approximate surface area is 129 Å². The number of nitrogens with one attached hydrogen (secondary N) is 1. The highest BCUT2D eigenvalue weighted by molar-refractivity contribution is 7.13. The molecule has 8 heteroatoms. The normalized spacial score (nSPS) is 11.1. The lowest BCUT2D eigenvalue weighted by Crippen LogP contribution is -2.18. The number of ether oxygens (including phenoxy) is 1. The maximum atomic E-state index is 11.7. The standard InChI is InChI=1S/C14H13N3O4S/c1-8(9-3-5-10(18)6-4-9)16-17-14-15-12(19)11(7-22-14)13(20)21-2/h3-7,18H,1-2H3,(H,15,17,19)/b16-8-. The van der Waals surface area contributed by atoms with E-state index in [0.717, 1.165) is 16.9 Å². The van der Waals surface area contributed by atoms with Gasteiger partial charge in [0.05, 0.1) is 12.8 Å². The number of aromatic hydroxyl groups is 1. The summed E-state index contributed by atoms with van der Waals surface area (Å²) in [7, 11) is 1.20. The van der Waals surface area contributed by atoms with Gasteiger partial charge in [0, 0.05) is 5.38 Å². The van der Waals surface area contributed by atoms with Crippen molar-refractivity contribution in [3.63, 3.8) is 0 Å². The summed E-state index contributed by atoms with van der Waals surface area (Å²) >= 11 is 1.07. The number of nitrogens with zero attached hydrogens (tertiary/aromatic N) is 2. The molecule has 1 aromatic carbocycles. The Morgan fingerprint density at radius 3 is 2.64 bits per heavy atom. The summed E-state index contributed by atoms with van der Waals surface area (Å²) in [6.07, 6.45) is 0. The largest absolute Gasteiger partial charge is 0.508 e. The molecule has 0 radical (unpaired) electrons. The number of phenolic OH excluding ortho intramolecular Hbond substituents is 1. The molecule has 0 saturated heterocycles. The summed E-state index contributed by atoms with van der Waals surface area (Å²) in [6, 6.07) is 6.53. The van der Waals surface area contributed by atoms with Gasteiger partial charge in [-0.2, -0.15) is 10.1 Å². The molecule has 0 aliphatic carbocycles. The van der Waals surface area contributed by atoms with E-state index in [9.17, 15) is 14.7 Å². The van der Waals surface area contributed by atoms with Gasteiger partial charge in [-0.1, -0.05) is 0 Å². The van der Waals surface area contributed by atoms with Gasteiger partial charge < -0.3 is 9.84 Å². The first-order valence-electron chi connectivity index (χ1n) is 6.19. The van der Waals surface area contributed by atoms with Crippen molar-refractivity contribution < 1.29 is 14.6 Å². The molecule has 0 aliphatic rings. The topological polar surface area (TPSA) is 101 Å². The molecule has 0 unspecified atom stereocenters. The smallest absolute Gasteiger partial charge is 0.344 e. The van der Waals surface area contributed by atoms with Crippen molar-refractivity contribution in [2.24, 2.45) is 5.10 Å². The van der Waals surface area contributed by atoms with E-state index in [2.05, 4.69) is 20.2 Å². The SMILES string of the molecule is COC(=O)c1csc(N/N=C(/C)c2ccc(O)cc2)nc1=O. The molecule has 0 amide bonds. The third kappa shape index (κ3) is 3.67. The molecule has 2 aromatic rings. The lowest BCUT2D eigenvalue weighted by molar-refractivity contribution is 0.0599. The zero-order chi connectivity index (χ0) is 16.1. The molecule has 114 valence electrons. The number of methoxy groups -OCH3 is 1. The number of benzene rings is 1. The van der Waals surface area contributed by atoms with E-state index in [1.807, 2.05) is 0 Å². The third-order valence-corrected chi connectivity index (χ3v) is 3.49. The van der Waals surface area contributed by atoms with Gasteiger partial charge in [-0.25, -0.2) is 4.79 Å². The van der Waals surface area contributed by atoms with Crippen LogP contribution in [-0.2, 0) is 4.74 Å². The minimum atomic E-state index is -0.718. The van der Waals surface area contributed by atoms with Crippen LogP contribution in [-0.4, -0.2) is 28.9 Å². The fraction of sp³-hybridized carbons (Fsp3) is 0.143. The van der Waals surface area contributed by atoms with Gasteiger partial charge >= 0.3 is 5.97 Å². The van der Waals surface area contributed by atoms with E-state index in [0.29, 0.717) is 5.71 Å². The number of anilines is 1. The number of carbonyl (C=O) groups is 1. The molecule has 7 nitrogen and oxygen atoms in total. The highest BCUT2D eigenvalue weighted by Crippen LogP contribution is 2.13. The predicted molar refractivity (Wildman–Crippen MR) is 83.7 cm³/mol. The van der Waals surface area contributed by atoms with Crippen molar-refractivity contribution in [1.82, 2.24) is 4.98 Å². The molecule has 22 heavy (non-hydrogen) atoms. The van der Waals surface area contributed by atoms with E-state index in [4.69, 9.17) is 0 Å². The quantitative estimate of drug-likeness (QED) is 0.506. The minimum Gasteiger partial charge on any atom is -0.508 e. The lowest BCUT2D eigenvalue weighted by atomic mass is 10.1. The fourth-order valence-electron chi connectivity index (χ4n) is 1.54. The zero-order valence-electron chi connectivity index (χ0n) is 11.9. The molecule has 1 heterocycles. The Hall–Kier alpha value is -2.74. The van der Waals surface area contributed by atoms with Crippen molar-refractivity contribution in [2.45, 2.75) is 6.92 Å². The van der Waals surface area contributed by atoms with Gasteiger partial charge in [0.1, 0.15) is 11.3 Å². The highest BCUT2D eigenvalue weighted by atomic mass is 32.1. The lowest BCUT2D eigenvalue weighted by Gasteiger charge is -2.03. The van der Waals surface area contributed by atoms with Crippen LogP contribution in [0, 0.1) is 0 Å². The van der Waals surface area contributed by atoms with E-state index in [1.165, 1.54) is 12.5 Å². The van der Waals surface area contributed by atoms with Gasteiger partial charge in [-0.15, -0.1) is 11.3 Å². The van der Waals surface area contributed by atoms with Crippen LogP contribution in [0.15, 0.2) is 39.5 Å². The van der Waals surface area contributed by atoms with Gasteiger partial charge in [-0.05, 0) is 36.8 Å². The molecule has 2 rings (SSSR count). The molecule has 0 aliphatic heterocycles. The summed E-state index contributed by atoms with van der Waals surface area (Å²) < 4.78 is 4.48. The fourth-order valence-corrected chi connectivity index (χ4v) is 2.20. The summed E-state index contributed by atoms with van der Waals surface area (Å²) in [5.74, 6) is -0.549. The van der Waals surface area contributed by atoms with Crippen molar-refractivity contribution in [2.75, 3.05) is 12.5 Å². The number of rotatable bonds is 4. The van der Waals surface area contributed by atoms with Crippen LogP contribution in [0.25, 0.3) is 0 Å². The van der Waals surface area contributed by atoms with Crippen LogP contribution in [0.2, 0.25) is 0 Å². The number of carbonyl (C=O) groups excluding carboxylic acids is 1. The maximum Gasteiger partial charge on any atom is 0.344 e. The van der Waals surface area contributed by atoms with Crippen molar-refractivity contribution >= 4 is 28.1 Å². The number of esters is 1. The van der Waals surface area contributed by atoms with E-state index < -0.39 is 11.5 Å². The summed E-state index contributed by atoms with van der Waals surface area (Å²) in [5.41, 5.74) is 3.33. The monoisotopic (exact) mass is 319 g/mol. The van der Waals surface area contributed by atoms with Crippen LogP contribution in [0.4, 0.5) is 5.13 Å². The molecule has 0 atom stereocenters. The number of phenols is 1. The first-order valence-corrected chi connectivity index (χ1v) is 7.07. The molecular formula is C14H13N3O4S.